The molecule has 24 heavy (non-hydrogen) atoms. The SMILES string of the molecule is CC(C)(C)OC(=O)N1Cc2ccc(-c3c(F)cncc3Cl)cc2C1. The number of nitrogens with zero attached hydrogens (tertiary/aromatic N) is 2. The first-order valence-electron chi connectivity index (χ1n) is 7.64. The van der Waals surface area contributed by atoms with Crippen LogP contribution in [-0.2, 0) is 17.8 Å². The second-order valence-electron chi connectivity index (χ2n) is 6.80. The van der Waals surface area contributed by atoms with Gasteiger partial charge in [0.25, 0.3) is 0 Å². The molecule has 2 aromatic rings. The molecule has 0 saturated carbocycles. The summed E-state index contributed by atoms with van der Waals surface area (Å²) in [5.74, 6) is -0.468. The van der Waals surface area contributed by atoms with E-state index in [9.17, 15) is 9.18 Å². The molecule has 1 aromatic carbocycles. The highest BCUT2D eigenvalue weighted by Gasteiger charge is 2.28. The van der Waals surface area contributed by atoms with Gasteiger partial charge in [-0.25, -0.2) is 9.18 Å². The van der Waals surface area contributed by atoms with Gasteiger partial charge in [-0.15, -0.1) is 0 Å². The van der Waals surface area contributed by atoms with E-state index in [0.717, 1.165) is 17.3 Å². The third kappa shape index (κ3) is 3.36. The number of hydrogen-bond donors (Lipinski definition) is 0. The first-order chi connectivity index (χ1) is 11.2. The second-order valence-corrected chi connectivity index (χ2v) is 7.21. The number of benzene rings is 1. The van der Waals surface area contributed by atoms with E-state index in [2.05, 4.69) is 4.98 Å². The fourth-order valence-electron chi connectivity index (χ4n) is 2.69. The van der Waals surface area contributed by atoms with E-state index in [-0.39, 0.29) is 11.1 Å². The smallest absolute Gasteiger partial charge is 0.410 e. The lowest BCUT2D eigenvalue weighted by molar-refractivity contribution is 0.0242. The molecule has 126 valence electrons. The predicted molar refractivity (Wildman–Crippen MR) is 90.1 cm³/mol. The number of aromatic nitrogens is 1. The highest BCUT2D eigenvalue weighted by atomic mass is 35.5. The lowest BCUT2D eigenvalue weighted by Crippen LogP contribution is -2.33. The predicted octanol–water partition coefficient (Wildman–Crippen LogP) is 4.79. The molecule has 0 aliphatic carbocycles. The standard InChI is InChI=1S/C18H18ClFN2O2/c1-18(2,3)24-17(23)22-9-12-5-4-11(6-13(12)10-22)16-14(19)7-21-8-15(16)20/h4-8H,9-10H2,1-3H3. The van der Waals surface area contributed by atoms with Crippen molar-refractivity contribution in [2.45, 2.75) is 39.5 Å². The summed E-state index contributed by atoms with van der Waals surface area (Å²) in [6, 6.07) is 5.57. The van der Waals surface area contributed by atoms with Crippen molar-refractivity contribution in [2.75, 3.05) is 0 Å². The van der Waals surface area contributed by atoms with Crippen LogP contribution in [0, 0.1) is 5.82 Å². The highest BCUT2D eigenvalue weighted by molar-refractivity contribution is 6.33. The maximum Gasteiger partial charge on any atom is 0.410 e. The van der Waals surface area contributed by atoms with Crippen molar-refractivity contribution in [1.82, 2.24) is 9.88 Å². The van der Waals surface area contributed by atoms with Gasteiger partial charge in [-0.2, -0.15) is 0 Å². The Morgan fingerprint density at radius 2 is 1.96 bits per heavy atom. The Labute approximate surface area is 145 Å². The molecular weight excluding hydrogens is 331 g/mol. The van der Waals surface area contributed by atoms with Crippen LogP contribution in [0.2, 0.25) is 5.02 Å². The van der Waals surface area contributed by atoms with Gasteiger partial charge in [0.1, 0.15) is 5.60 Å². The van der Waals surface area contributed by atoms with E-state index in [0.29, 0.717) is 24.2 Å². The van der Waals surface area contributed by atoms with Crippen LogP contribution < -0.4 is 0 Å². The van der Waals surface area contributed by atoms with Crippen LogP contribution in [0.4, 0.5) is 9.18 Å². The minimum Gasteiger partial charge on any atom is -0.444 e. The first-order valence-corrected chi connectivity index (χ1v) is 8.01. The van der Waals surface area contributed by atoms with E-state index >= 15 is 0 Å². The van der Waals surface area contributed by atoms with E-state index in [4.69, 9.17) is 16.3 Å². The normalized spacial score (nSPS) is 13.8. The van der Waals surface area contributed by atoms with Crippen molar-refractivity contribution in [2.24, 2.45) is 0 Å². The molecule has 4 nitrogen and oxygen atoms in total. The average molecular weight is 349 g/mol. The Bertz CT molecular complexity index is 782. The van der Waals surface area contributed by atoms with Gasteiger partial charge in [0, 0.05) is 24.8 Å². The first kappa shape index (κ1) is 16.7. The third-order valence-corrected chi connectivity index (χ3v) is 4.01. The van der Waals surface area contributed by atoms with Crippen molar-refractivity contribution < 1.29 is 13.9 Å². The molecule has 1 aromatic heterocycles. The fourth-order valence-corrected chi connectivity index (χ4v) is 2.95. The van der Waals surface area contributed by atoms with Crippen molar-refractivity contribution in [3.8, 4) is 11.1 Å². The zero-order chi connectivity index (χ0) is 17.5. The van der Waals surface area contributed by atoms with Crippen LogP contribution in [0.1, 0.15) is 31.9 Å². The lowest BCUT2D eigenvalue weighted by atomic mass is 10.0. The van der Waals surface area contributed by atoms with Gasteiger partial charge >= 0.3 is 6.09 Å². The van der Waals surface area contributed by atoms with Crippen molar-refractivity contribution >= 4 is 17.7 Å². The maximum atomic E-state index is 14.0. The summed E-state index contributed by atoms with van der Waals surface area (Å²) in [5.41, 5.74) is 2.45. The number of halogens is 2. The number of amides is 1. The molecule has 6 heteroatoms. The topological polar surface area (TPSA) is 42.4 Å². The van der Waals surface area contributed by atoms with Crippen LogP contribution in [-0.4, -0.2) is 21.6 Å². The summed E-state index contributed by atoms with van der Waals surface area (Å²) >= 11 is 6.08. The zero-order valence-electron chi connectivity index (χ0n) is 13.8. The van der Waals surface area contributed by atoms with Gasteiger partial charge in [0.2, 0.25) is 0 Å². The van der Waals surface area contributed by atoms with Crippen LogP contribution in [0.25, 0.3) is 11.1 Å². The number of carbonyl (C=O) groups is 1. The quantitative estimate of drug-likeness (QED) is 0.744. The Kier molecular flexibility index (Phi) is 4.22. The van der Waals surface area contributed by atoms with Crippen LogP contribution in [0.15, 0.2) is 30.6 Å². The van der Waals surface area contributed by atoms with Gasteiger partial charge < -0.3 is 4.74 Å². The number of carbonyl (C=O) groups excluding carboxylic acids is 1. The molecule has 0 unspecified atom stereocenters. The fraction of sp³-hybridized carbons (Fsp3) is 0.333. The summed E-state index contributed by atoms with van der Waals surface area (Å²) in [4.78, 5) is 17.6. The summed E-state index contributed by atoms with van der Waals surface area (Å²) in [6.07, 6.45) is 2.20. The molecule has 0 saturated heterocycles. The van der Waals surface area contributed by atoms with E-state index < -0.39 is 11.4 Å². The molecule has 0 fully saturated rings. The largest absolute Gasteiger partial charge is 0.444 e. The number of pyridine rings is 1. The summed E-state index contributed by atoms with van der Waals surface area (Å²) < 4.78 is 19.5. The van der Waals surface area contributed by atoms with E-state index in [1.165, 1.54) is 6.20 Å². The molecule has 1 aliphatic heterocycles. The Hall–Kier alpha value is -2.14. The minimum absolute atomic E-state index is 0.261. The Morgan fingerprint density at radius 1 is 1.25 bits per heavy atom. The summed E-state index contributed by atoms with van der Waals surface area (Å²) in [6.45, 7) is 6.42. The molecule has 1 aliphatic rings. The molecular formula is C18H18ClFN2O2. The molecule has 3 rings (SSSR count). The van der Waals surface area contributed by atoms with Crippen LogP contribution in [0.5, 0.6) is 0 Å². The number of rotatable bonds is 1. The maximum absolute atomic E-state index is 14.0. The molecule has 0 N–H and O–H groups in total. The van der Waals surface area contributed by atoms with Crippen LogP contribution in [0.3, 0.4) is 0 Å². The van der Waals surface area contributed by atoms with E-state index in [1.54, 1.807) is 4.90 Å². The minimum atomic E-state index is -0.537. The van der Waals surface area contributed by atoms with Gasteiger partial charge in [-0.3, -0.25) is 9.88 Å². The molecule has 0 spiro atoms. The molecule has 0 atom stereocenters. The Balaban J connectivity index is 1.86. The van der Waals surface area contributed by atoms with Crippen LogP contribution >= 0.6 is 11.6 Å². The van der Waals surface area contributed by atoms with Crippen molar-refractivity contribution in [3.63, 3.8) is 0 Å². The number of ether oxygens (including phenoxy) is 1. The third-order valence-electron chi connectivity index (χ3n) is 3.72. The average Bonchev–Trinajstić information content (AvgIpc) is 2.88. The van der Waals surface area contributed by atoms with Gasteiger partial charge in [-0.1, -0.05) is 23.7 Å². The molecule has 1 amide bonds. The van der Waals surface area contributed by atoms with E-state index in [1.807, 2.05) is 39.0 Å². The number of fused-ring (bicyclic) bond motifs is 1. The van der Waals surface area contributed by atoms with Gasteiger partial charge in [0.05, 0.1) is 11.2 Å². The number of hydrogen-bond acceptors (Lipinski definition) is 3. The van der Waals surface area contributed by atoms with Gasteiger partial charge in [0.15, 0.2) is 5.82 Å². The molecule has 2 heterocycles. The van der Waals surface area contributed by atoms with Crippen molar-refractivity contribution in [3.05, 3.63) is 52.6 Å². The Morgan fingerprint density at radius 3 is 2.62 bits per heavy atom. The molecule has 0 bridgehead atoms. The monoisotopic (exact) mass is 348 g/mol. The van der Waals surface area contributed by atoms with Crippen molar-refractivity contribution in [1.29, 1.82) is 0 Å². The lowest BCUT2D eigenvalue weighted by Gasteiger charge is -2.24. The summed E-state index contributed by atoms with van der Waals surface area (Å²) in [7, 11) is 0. The summed E-state index contributed by atoms with van der Waals surface area (Å²) in [5, 5.41) is 0.261. The zero-order valence-corrected chi connectivity index (χ0v) is 14.5. The second kappa shape index (κ2) is 6.06. The van der Waals surface area contributed by atoms with Gasteiger partial charge in [-0.05, 0) is 43.5 Å². The highest BCUT2D eigenvalue weighted by Crippen LogP contribution is 2.33. The molecule has 0 radical (unpaired) electrons.